The summed E-state index contributed by atoms with van der Waals surface area (Å²) in [4.78, 5) is 128. The standard InChI is InChI=1S/C20H14BrFN2O6S.C19H14BrFN2O5S.C12H9BrFNO3S.C8H6FNO3.3ClH.Na.Sn.H/c1-9-15(30-14-5-4-12(24(28)29)8-13(14)10(2)25)6-11(17(21)18(9)22)7-16-19(26)23(3)20(27)31-16;1-8(24)11-7-10(22)3-4-12(11)28-13-5-9(15(20)16(21)17(13)25)6-14-18(26)23(2)19(27)29-14;1-5-7(16)3-6(9(13)10(5)14)4-8-11(17)15(2)12(18)19-8;1-5(11)7-4-6(10(12)13)2-3-8(7)9;;;;;;/h4-8H,1-3H3;3-7,25H,22H2,1-2H3;3-4,16H,1-2H3;2-4H,1H3;3*1H;;;/q;;;;;;;+1;+2;-1/p-2/b16-7-;14-6-;8-4-;;;;;;;. The fourth-order valence-electron chi connectivity index (χ4n) is 7.65. The van der Waals surface area contributed by atoms with Crippen LogP contribution < -0.4 is 44.8 Å². The van der Waals surface area contributed by atoms with Crippen LogP contribution in [0.25, 0.3) is 18.2 Å². The number of phenolic OH excluding ortho intramolecular Hbond substituents is 2. The van der Waals surface area contributed by atoms with Crippen LogP contribution in [0.15, 0.2) is 101 Å². The maximum absolute atomic E-state index is 14.8. The van der Waals surface area contributed by atoms with E-state index in [9.17, 15) is 91.2 Å². The minimum absolute atomic E-state index is 0. The van der Waals surface area contributed by atoms with Gasteiger partial charge in [0.1, 0.15) is 40.4 Å². The van der Waals surface area contributed by atoms with Crippen LogP contribution in [0.5, 0.6) is 34.5 Å². The Balaban J connectivity index is 0.000000452. The quantitative estimate of drug-likeness (QED) is 0.0195. The van der Waals surface area contributed by atoms with Crippen LogP contribution >= 0.6 is 113 Å². The summed E-state index contributed by atoms with van der Waals surface area (Å²) in [6.07, 6.45) is 4.04. The van der Waals surface area contributed by atoms with Gasteiger partial charge in [-0.05, 0) is 201 Å². The van der Waals surface area contributed by atoms with E-state index in [0.717, 1.165) is 69.4 Å². The fraction of sp³-hybridized carbons (Fsp3) is 0.136. The van der Waals surface area contributed by atoms with Crippen LogP contribution in [0, 0.1) is 57.3 Å². The average molecular weight is 1770 g/mol. The Morgan fingerprint density at radius 1 is 0.567 bits per heavy atom. The summed E-state index contributed by atoms with van der Waals surface area (Å²) in [5.74, 6) is -6.97. The summed E-state index contributed by atoms with van der Waals surface area (Å²) >= 11 is 10.6. The van der Waals surface area contributed by atoms with Crippen LogP contribution in [0.3, 0.4) is 0 Å². The molecule has 9 rings (SSSR count). The number of amides is 6. The molecule has 0 saturated carbocycles. The Morgan fingerprint density at radius 2 is 0.907 bits per heavy atom. The molecule has 3 aliphatic rings. The van der Waals surface area contributed by atoms with Crippen molar-refractivity contribution in [3.05, 3.63) is 189 Å². The first-order chi connectivity index (χ1) is 44.4. The van der Waals surface area contributed by atoms with Crippen LogP contribution in [0.4, 0.5) is 49.0 Å². The number of phenols is 2. The summed E-state index contributed by atoms with van der Waals surface area (Å²) < 4.78 is 67.4. The number of benzene rings is 6. The molecule has 0 aromatic heterocycles. The molecule has 0 aliphatic carbocycles. The van der Waals surface area contributed by atoms with Gasteiger partial charge in [0.05, 0.1) is 54.7 Å². The van der Waals surface area contributed by atoms with E-state index in [2.05, 4.69) is 47.8 Å². The normalized spacial score (nSPS) is 14.3. The molecule has 4 N–H and O–H groups in total. The number of non-ortho nitro benzene ring substituents is 2. The largest absolute Gasteiger partial charge is 1.00 e. The molecule has 506 valence electrons. The van der Waals surface area contributed by atoms with Crippen molar-refractivity contribution in [2.24, 2.45) is 0 Å². The van der Waals surface area contributed by atoms with Crippen LogP contribution in [-0.2, 0) is 14.4 Å². The molecule has 3 fully saturated rings. The van der Waals surface area contributed by atoms with E-state index in [4.69, 9.17) is 33.0 Å². The van der Waals surface area contributed by atoms with E-state index < -0.39 is 97.5 Å². The molecule has 38 heteroatoms. The molecule has 6 amide bonds. The van der Waals surface area contributed by atoms with Crippen LogP contribution in [0.1, 0.15) is 81.1 Å². The number of hydrogen-bond donors (Lipinski definition) is 3. The minimum Gasteiger partial charge on any atom is -1.00 e. The molecule has 3 heterocycles. The molecule has 3 saturated heterocycles. The number of nitrogens with zero attached hydrogens (tertiary/aromatic N) is 5. The van der Waals surface area contributed by atoms with Gasteiger partial charge in [0.15, 0.2) is 34.7 Å². The van der Waals surface area contributed by atoms with E-state index in [1.54, 1.807) is 0 Å². The van der Waals surface area contributed by atoms with Crippen molar-refractivity contribution < 1.29 is 121 Å². The third-order valence-corrected chi connectivity index (χ3v) is 18.1. The molecular formula is C59H45Br3Cl3F4N6NaO17S3Sn. The summed E-state index contributed by atoms with van der Waals surface area (Å²) in [5, 5.41) is 39.7. The Bertz CT molecular complexity index is 4400. The second kappa shape index (κ2) is 37.2. The van der Waals surface area contributed by atoms with Gasteiger partial charge >= 0.3 is 66.3 Å². The van der Waals surface area contributed by atoms with Crippen molar-refractivity contribution >= 4 is 218 Å². The molecular weight excluding hydrogens is 1720 g/mol. The molecule has 23 nitrogen and oxygen atoms in total. The summed E-state index contributed by atoms with van der Waals surface area (Å²) in [7, 11) is 13.9. The average Bonchev–Trinajstić information content (AvgIpc) is 1.21. The third kappa shape index (κ3) is 21.1. The van der Waals surface area contributed by atoms with E-state index in [-0.39, 0.29) is 162 Å². The Kier molecular flexibility index (Phi) is 32.5. The Morgan fingerprint density at radius 3 is 1.30 bits per heavy atom. The molecule has 0 bridgehead atoms. The maximum Gasteiger partial charge on any atom is 1.00 e. The number of nitrogens with two attached hydrogens (primary N) is 1. The zero-order chi connectivity index (χ0) is 71.5. The number of thioether (sulfide) groups is 3. The number of nitro benzene ring substituents is 2. The predicted molar refractivity (Wildman–Crippen MR) is 369 cm³/mol. The van der Waals surface area contributed by atoms with Crippen LogP contribution in [-0.4, -0.2) is 126 Å². The maximum atomic E-state index is 14.8. The smallest absolute Gasteiger partial charge is 1.00 e. The first kappa shape index (κ1) is 84.9. The Labute approximate surface area is 632 Å². The van der Waals surface area contributed by atoms with Crippen molar-refractivity contribution in [1.82, 2.24) is 14.7 Å². The number of carbonyl (C=O) groups is 9. The number of rotatable bonds is 12. The number of nitro groups is 2. The third-order valence-electron chi connectivity index (χ3n) is 12.8. The van der Waals surface area contributed by atoms with Gasteiger partial charge < -0.3 is 26.8 Å². The van der Waals surface area contributed by atoms with Gasteiger partial charge in [0.25, 0.3) is 44.8 Å². The number of Topliss-reactive ketones (excluding diaryl/α,β-unsaturated/α-hetero) is 3. The van der Waals surface area contributed by atoms with Gasteiger partial charge in [-0.3, -0.25) is 78.1 Å². The van der Waals surface area contributed by atoms with Crippen molar-refractivity contribution in [2.45, 2.75) is 34.6 Å². The second-order valence-corrected chi connectivity index (χ2v) is 28.8. The van der Waals surface area contributed by atoms with Gasteiger partial charge in [-0.1, -0.05) is 0 Å². The monoisotopic (exact) mass is 1770 g/mol. The number of aromatic hydroxyl groups is 2. The molecule has 3 aliphatic heterocycles. The zero-order valence-electron chi connectivity index (χ0n) is 52.0. The van der Waals surface area contributed by atoms with Gasteiger partial charge in [-0.2, -0.15) is 0 Å². The first-order valence-corrected chi connectivity index (χ1v) is 37.9. The van der Waals surface area contributed by atoms with Crippen LogP contribution in [0.2, 0.25) is 0 Å². The van der Waals surface area contributed by atoms with Crippen molar-refractivity contribution in [1.29, 1.82) is 0 Å². The van der Waals surface area contributed by atoms with Gasteiger partial charge in [0.2, 0.25) is 0 Å². The first-order valence-electron chi connectivity index (χ1n) is 25.9. The molecule has 6 aromatic rings. The van der Waals surface area contributed by atoms with E-state index >= 15 is 0 Å². The topological polar surface area (TPSA) is 335 Å². The molecule has 0 atom stereocenters. The summed E-state index contributed by atoms with van der Waals surface area (Å²) in [6, 6.07) is 14.8. The van der Waals surface area contributed by atoms with Crippen molar-refractivity contribution in [3.8, 4) is 34.5 Å². The second-order valence-electron chi connectivity index (χ2n) is 19.2. The van der Waals surface area contributed by atoms with Gasteiger partial charge in [0, 0.05) is 62.2 Å². The Hall–Kier alpha value is -6.35. The number of nitrogen functional groups attached to an aromatic ring is 1. The summed E-state index contributed by atoms with van der Waals surface area (Å²) in [5.41, 5.74) is 6.25. The van der Waals surface area contributed by atoms with Gasteiger partial charge in [-0.25, -0.2) is 17.6 Å². The molecule has 0 spiro atoms. The van der Waals surface area contributed by atoms with Gasteiger partial charge in [-0.15, -0.1) is 12.4 Å². The van der Waals surface area contributed by atoms with Crippen molar-refractivity contribution in [3.63, 3.8) is 0 Å². The number of ketones is 3. The number of anilines is 1. The summed E-state index contributed by atoms with van der Waals surface area (Å²) in [6.45, 7) is 6.60. The fourth-order valence-corrected chi connectivity index (χ4v) is 11.6. The SMILES string of the molecule is CC(=O)c1cc(N)ccc1Oc1cc(/C=C2\SC(=O)N(C)C2=O)c(Br)c(F)c1O.CC(=O)c1cc([N+](=O)[O-])ccc1F.CC(=O)c1cc([N+](=O)[O-])ccc1Oc1cc(/C=C2\SC(=O)N(C)C2=O)c(Br)c(F)c1C.Cc1c(O)cc(/C=C2\SC(=O)N(C)C2=O)c(Br)c1F.Cl.[Cl][Sn][Cl].[H-].[Na+]. The predicted octanol–water partition coefficient (Wildman–Crippen LogP) is 13.7. The molecule has 0 unspecified atom stereocenters. The molecule has 2 radical (unpaired) electrons. The van der Waals surface area contributed by atoms with E-state index in [1.165, 1.54) is 116 Å². The number of hydrogen-bond acceptors (Lipinski definition) is 21. The number of ether oxygens (including phenoxy) is 2. The zero-order valence-corrected chi connectivity index (χ0v) is 65.4. The number of carbonyl (C=O) groups excluding carboxylic acids is 9. The minimum atomic E-state index is -1.02. The molecule has 6 aromatic carbocycles. The number of likely N-dealkylation sites (N-methyl/N-ethyl adjacent to an activating group) is 3. The van der Waals surface area contributed by atoms with E-state index in [1.807, 2.05) is 0 Å². The van der Waals surface area contributed by atoms with Crippen molar-refractivity contribution in [2.75, 3.05) is 26.9 Å². The number of halogens is 10. The number of imide groups is 3. The molecule has 97 heavy (non-hydrogen) atoms. The van der Waals surface area contributed by atoms with E-state index in [0.29, 0.717) is 23.0 Å².